The lowest BCUT2D eigenvalue weighted by atomic mass is 10.1. The molecule has 212 valence electrons. The Morgan fingerprint density at radius 1 is 0.950 bits per heavy atom. The van der Waals surface area contributed by atoms with Crippen LogP contribution in [-0.2, 0) is 0 Å². The lowest BCUT2D eigenvalue weighted by Crippen LogP contribution is -2.26. The Balaban J connectivity index is 1.76. The molecule has 18 heteroatoms. The number of nitrogens with two attached hydrogens (primary N) is 1. The summed E-state index contributed by atoms with van der Waals surface area (Å²) in [6, 6.07) is 7.05. The number of carbonyl (C=O) groups is 2. The van der Waals surface area contributed by atoms with Gasteiger partial charge in [-0.15, -0.1) is 59.8 Å². The molecule has 0 spiro atoms. The van der Waals surface area contributed by atoms with Crippen molar-refractivity contribution in [2.24, 2.45) is 5.73 Å². The monoisotopic (exact) mass is 623 g/mol. The molecule has 40 heavy (non-hydrogen) atoms. The number of hydrogen-bond donors (Lipinski definition) is 5. The van der Waals surface area contributed by atoms with Crippen LogP contribution in [0.15, 0.2) is 48.7 Å². The molecule has 1 aromatic heterocycles. The largest absolute Gasteiger partial charge is 0.586 e. The average molecular weight is 624 g/mol. The number of hydrogen-bond acceptors (Lipinski definition) is 11. The minimum atomic E-state index is -5.05. The molecular formula is C22H14F5N3O7S3. The van der Waals surface area contributed by atoms with Crippen LogP contribution in [0.4, 0.5) is 27.6 Å². The van der Waals surface area contributed by atoms with Crippen molar-refractivity contribution in [1.29, 1.82) is 0 Å². The van der Waals surface area contributed by atoms with Crippen molar-refractivity contribution < 1.29 is 55.2 Å². The maximum Gasteiger partial charge on any atom is 0.586 e. The molecule has 0 aliphatic carbocycles. The summed E-state index contributed by atoms with van der Waals surface area (Å²) in [6.45, 7) is 0. The molecule has 0 bridgehead atoms. The number of nitrogens with zero attached hydrogens (tertiary/aromatic N) is 1. The van der Waals surface area contributed by atoms with Crippen LogP contribution >= 0.6 is 37.9 Å². The number of primary amides is 1. The van der Waals surface area contributed by atoms with Crippen LogP contribution in [0.3, 0.4) is 0 Å². The van der Waals surface area contributed by atoms with E-state index in [9.17, 15) is 31.5 Å². The van der Waals surface area contributed by atoms with E-state index in [-0.39, 0.29) is 17.1 Å². The average Bonchev–Trinajstić information content (AvgIpc) is 3.12. The smallest absolute Gasteiger partial charge is 0.455 e. The number of alkyl halides is 5. The van der Waals surface area contributed by atoms with Crippen molar-refractivity contribution in [2.75, 3.05) is 5.32 Å². The number of anilines is 1. The first-order valence-corrected chi connectivity index (χ1v) is 11.8. The highest BCUT2D eigenvalue weighted by atomic mass is 32.2. The molecule has 0 saturated heterocycles. The second-order valence-corrected chi connectivity index (χ2v) is 10.6. The Kier molecular flexibility index (Phi) is 7.79. The van der Waals surface area contributed by atoms with Gasteiger partial charge in [-0.2, -0.15) is 0 Å². The van der Waals surface area contributed by atoms with E-state index in [0.29, 0.717) is 0 Å². The van der Waals surface area contributed by atoms with Crippen LogP contribution in [0.1, 0.15) is 20.8 Å². The summed E-state index contributed by atoms with van der Waals surface area (Å²) in [4.78, 5) is 28.4. The number of benzene rings is 2. The third kappa shape index (κ3) is 7.24. The Bertz CT molecular complexity index is 1490. The van der Waals surface area contributed by atoms with Gasteiger partial charge in [0.15, 0.2) is 23.0 Å². The molecule has 0 atom stereocenters. The summed E-state index contributed by atoms with van der Waals surface area (Å²) in [5.74, 6) is -5.18. The van der Waals surface area contributed by atoms with Crippen molar-refractivity contribution in [3.05, 3.63) is 59.9 Å². The van der Waals surface area contributed by atoms with Gasteiger partial charge in [-0.25, -0.2) is 0 Å². The van der Waals surface area contributed by atoms with Crippen molar-refractivity contribution in [1.82, 2.24) is 4.98 Å². The minimum Gasteiger partial charge on any atom is -0.455 e. The van der Waals surface area contributed by atoms with Gasteiger partial charge in [-0.1, -0.05) is 0 Å². The first-order chi connectivity index (χ1) is 18.5. The number of fused-ring (bicyclic) bond motifs is 1. The molecule has 2 amide bonds. The molecule has 1 aliphatic heterocycles. The number of thiol groups is 3. The SMILES string of the molecule is NC(=O)c1cc(NC(=O)c2c(Oc3ccc(OC(F)(F)F)cc3OC(S)(S)S)ccc3c2OC(F)(F)O3)ccn1. The fourth-order valence-corrected chi connectivity index (χ4v) is 3.54. The van der Waals surface area contributed by atoms with Crippen molar-refractivity contribution in [3.8, 4) is 34.5 Å². The highest BCUT2D eigenvalue weighted by Crippen LogP contribution is 2.49. The summed E-state index contributed by atoms with van der Waals surface area (Å²) in [6.07, 6.45) is -8.03. The van der Waals surface area contributed by atoms with Crippen LogP contribution in [0.5, 0.6) is 34.5 Å². The summed E-state index contributed by atoms with van der Waals surface area (Å²) in [5, 5.41) is 2.36. The third-order valence-corrected chi connectivity index (χ3v) is 4.92. The van der Waals surface area contributed by atoms with E-state index in [1.165, 1.54) is 6.07 Å². The highest BCUT2D eigenvalue weighted by molar-refractivity contribution is 8.16. The van der Waals surface area contributed by atoms with Crippen molar-refractivity contribution in [3.63, 3.8) is 0 Å². The van der Waals surface area contributed by atoms with E-state index in [2.05, 4.69) is 62.4 Å². The number of aromatic nitrogens is 1. The van der Waals surface area contributed by atoms with E-state index in [1.54, 1.807) is 0 Å². The Hall–Kier alpha value is -3.77. The van der Waals surface area contributed by atoms with E-state index in [4.69, 9.17) is 15.2 Å². The van der Waals surface area contributed by atoms with Gasteiger partial charge in [0, 0.05) is 18.0 Å². The third-order valence-electron chi connectivity index (χ3n) is 4.65. The van der Waals surface area contributed by atoms with Crippen LogP contribution < -0.4 is 34.7 Å². The quantitative estimate of drug-likeness (QED) is 0.131. The molecule has 4 rings (SSSR count). The summed E-state index contributed by atoms with van der Waals surface area (Å²) in [5.41, 5.74) is 4.34. The van der Waals surface area contributed by atoms with Crippen molar-refractivity contribution in [2.45, 2.75) is 16.3 Å². The first-order valence-electron chi connectivity index (χ1n) is 10.4. The molecule has 0 saturated carbocycles. The molecule has 3 N–H and O–H groups in total. The number of pyridine rings is 1. The predicted octanol–water partition coefficient (Wildman–Crippen LogP) is 5.22. The second kappa shape index (κ2) is 10.7. The number of amides is 2. The van der Waals surface area contributed by atoms with Gasteiger partial charge in [0.25, 0.3) is 11.8 Å². The van der Waals surface area contributed by atoms with Gasteiger partial charge in [0.05, 0.1) is 0 Å². The summed E-state index contributed by atoms with van der Waals surface area (Å²) >= 11 is 11.8. The van der Waals surface area contributed by atoms with Gasteiger partial charge in [-0.3, -0.25) is 14.6 Å². The maximum atomic E-state index is 13.9. The fraction of sp³-hybridized carbons (Fsp3) is 0.136. The van der Waals surface area contributed by atoms with Crippen LogP contribution in [-0.4, -0.2) is 33.1 Å². The van der Waals surface area contributed by atoms with Crippen molar-refractivity contribution >= 4 is 55.4 Å². The minimum absolute atomic E-state index is 0.00860. The molecule has 2 aromatic carbocycles. The Morgan fingerprint density at radius 2 is 1.65 bits per heavy atom. The Labute approximate surface area is 237 Å². The molecular weight excluding hydrogens is 609 g/mol. The molecule has 0 fully saturated rings. The number of ether oxygens (including phenoxy) is 5. The number of rotatable bonds is 8. The summed E-state index contributed by atoms with van der Waals surface area (Å²) in [7, 11) is 0. The van der Waals surface area contributed by atoms with Crippen LogP contribution in [0.2, 0.25) is 0 Å². The van der Waals surface area contributed by atoms with Gasteiger partial charge < -0.3 is 34.7 Å². The summed E-state index contributed by atoms with van der Waals surface area (Å²) < 4.78 is 88.0. The zero-order valence-corrected chi connectivity index (χ0v) is 21.9. The number of halogens is 5. The van der Waals surface area contributed by atoms with E-state index in [0.717, 1.165) is 42.6 Å². The normalized spacial score (nSPS) is 13.9. The highest BCUT2D eigenvalue weighted by Gasteiger charge is 2.46. The zero-order valence-electron chi connectivity index (χ0n) is 19.2. The molecule has 10 nitrogen and oxygen atoms in total. The topological polar surface area (TPSA) is 131 Å². The maximum absolute atomic E-state index is 13.9. The number of carbonyl (C=O) groups excluding carboxylic acids is 2. The lowest BCUT2D eigenvalue weighted by molar-refractivity contribution is -0.286. The first kappa shape index (κ1) is 29.2. The zero-order chi connectivity index (χ0) is 29.5. The second-order valence-electron chi connectivity index (χ2n) is 7.62. The van der Waals surface area contributed by atoms with Gasteiger partial charge in [0.1, 0.15) is 22.8 Å². The molecule has 1 aliphatic rings. The number of nitrogens with one attached hydrogen (secondary N) is 1. The van der Waals surface area contributed by atoms with E-state index in [1.807, 2.05) is 0 Å². The van der Waals surface area contributed by atoms with E-state index >= 15 is 0 Å². The molecule has 3 aromatic rings. The predicted molar refractivity (Wildman–Crippen MR) is 137 cm³/mol. The lowest BCUT2D eigenvalue weighted by Gasteiger charge is -2.22. The van der Waals surface area contributed by atoms with Crippen LogP contribution in [0.25, 0.3) is 0 Å². The fourth-order valence-electron chi connectivity index (χ4n) is 3.25. The molecule has 0 radical (unpaired) electrons. The Morgan fingerprint density at radius 3 is 2.30 bits per heavy atom. The van der Waals surface area contributed by atoms with E-state index < -0.39 is 62.4 Å². The molecule has 0 unspecified atom stereocenters. The molecule has 2 heterocycles. The van der Waals surface area contributed by atoms with Gasteiger partial charge >= 0.3 is 12.7 Å². The van der Waals surface area contributed by atoms with Gasteiger partial charge in [-0.05, 0) is 36.4 Å². The van der Waals surface area contributed by atoms with Gasteiger partial charge in [0.2, 0.25) is 3.60 Å². The standard InChI is InChI=1S/C22H14F5N3O7S3/c23-20(24,25)34-10-1-2-12(15(8-10)36-22(38,39)40)33-13-3-4-14-17(37-21(26,27)35-14)16(13)19(32)30-9-5-6-29-11(7-9)18(28)31/h1-8,38-40H,(H2,28,31)(H,29,30,32). The van der Waals surface area contributed by atoms with Crippen LogP contribution in [0, 0.1) is 0 Å².